The number of piperidine rings is 1. The Balaban J connectivity index is 1.97. The molecular weight excluding hydrogens is 284 g/mol. The lowest BCUT2D eigenvalue weighted by molar-refractivity contribution is -0.126. The first-order valence-electron chi connectivity index (χ1n) is 7.24. The van der Waals surface area contributed by atoms with Gasteiger partial charge in [0.1, 0.15) is 0 Å². The minimum atomic E-state index is -0.438. The van der Waals surface area contributed by atoms with Crippen LogP contribution in [0, 0.1) is 5.92 Å². The van der Waals surface area contributed by atoms with Gasteiger partial charge in [0.25, 0.3) is 0 Å². The van der Waals surface area contributed by atoms with Gasteiger partial charge < -0.3 is 14.2 Å². The topological polar surface area (TPSA) is 68.6 Å². The van der Waals surface area contributed by atoms with E-state index in [0.717, 1.165) is 17.7 Å². The van der Waals surface area contributed by atoms with Gasteiger partial charge in [-0.05, 0) is 12.3 Å². The Labute approximate surface area is 127 Å². The lowest BCUT2D eigenvalue weighted by Gasteiger charge is -2.28. The first-order valence-corrected chi connectivity index (χ1v) is 7.24. The molecule has 2 aliphatic carbocycles. The van der Waals surface area contributed by atoms with Crippen LogP contribution in [0.4, 0.5) is 0 Å². The molecule has 2 fully saturated rings. The van der Waals surface area contributed by atoms with Crippen molar-refractivity contribution < 1.29 is 19.1 Å². The fraction of sp³-hybridized carbons (Fsp3) is 0.438. The fourth-order valence-corrected chi connectivity index (χ4v) is 4.20. The van der Waals surface area contributed by atoms with Crippen LogP contribution in [0.5, 0.6) is 0 Å². The molecule has 1 saturated heterocycles. The van der Waals surface area contributed by atoms with Crippen molar-refractivity contribution in [2.45, 2.75) is 18.8 Å². The maximum absolute atomic E-state index is 12.5. The summed E-state index contributed by atoms with van der Waals surface area (Å²) in [5, 5.41) is 0. The molecule has 2 atom stereocenters. The van der Waals surface area contributed by atoms with Crippen molar-refractivity contribution in [2.75, 3.05) is 13.7 Å². The quantitative estimate of drug-likeness (QED) is 0.726. The van der Waals surface area contributed by atoms with Crippen LogP contribution in [0.25, 0.3) is 0 Å². The Morgan fingerprint density at radius 2 is 2.14 bits per heavy atom. The molecule has 114 valence electrons. The molecule has 22 heavy (non-hydrogen) atoms. The second-order valence-corrected chi connectivity index (χ2v) is 6.26. The van der Waals surface area contributed by atoms with Crippen molar-refractivity contribution in [3.8, 4) is 0 Å². The third kappa shape index (κ3) is 1.33. The number of ether oxygens (including phenoxy) is 1. The van der Waals surface area contributed by atoms with Crippen molar-refractivity contribution in [2.24, 2.45) is 13.0 Å². The number of hydrogen-bond acceptors (Lipinski definition) is 4. The maximum Gasteiger partial charge on any atom is 0.339 e. The second kappa shape index (κ2) is 3.88. The van der Waals surface area contributed by atoms with Crippen molar-refractivity contribution in [1.29, 1.82) is 0 Å². The number of fused-ring (bicyclic) bond motifs is 1. The van der Waals surface area contributed by atoms with Crippen LogP contribution in [0.3, 0.4) is 0 Å². The summed E-state index contributed by atoms with van der Waals surface area (Å²) in [5.41, 5.74) is 2.11. The summed E-state index contributed by atoms with van der Waals surface area (Å²) in [6, 6.07) is 0. The molecule has 0 aromatic carbocycles. The van der Waals surface area contributed by atoms with Crippen LogP contribution in [-0.2, 0) is 22.0 Å². The summed E-state index contributed by atoms with van der Waals surface area (Å²) < 4.78 is 6.57. The van der Waals surface area contributed by atoms with E-state index in [2.05, 4.69) is 0 Å². The summed E-state index contributed by atoms with van der Waals surface area (Å²) in [6.07, 6.45) is 4.10. The molecule has 6 heteroatoms. The largest absolute Gasteiger partial charge is 0.465 e. The van der Waals surface area contributed by atoms with Crippen molar-refractivity contribution in [3.05, 3.63) is 34.8 Å². The zero-order valence-electron chi connectivity index (χ0n) is 12.7. The standard InChI is InChI=1S/C16H16N2O4/c1-8(19)18-6-9-5-16(9)12(18)4-11(20)14-13(16)10(7-17(14)2)15(21)22-3/h4,7,9H,5-6H2,1-3H3. The minimum absolute atomic E-state index is 0.0652. The van der Waals surface area contributed by atoms with Gasteiger partial charge in [0.05, 0.1) is 18.4 Å². The van der Waals surface area contributed by atoms with Gasteiger partial charge in [0.15, 0.2) is 0 Å². The second-order valence-electron chi connectivity index (χ2n) is 6.26. The highest BCUT2D eigenvalue weighted by molar-refractivity contribution is 6.11. The smallest absolute Gasteiger partial charge is 0.339 e. The normalized spacial score (nSPS) is 27.8. The van der Waals surface area contributed by atoms with E-state index in [1.165, 1.54) is 14.0 Å². The number of hydrogen-bond donors (Lipinski definition) is 0. The fourth-order valence-electron chi connectivity index (χ4n) is 4.20. The molecule has 1 saturated carbocycles. The molecule has 3 aliphatic rings. The summed E-state index contributed by atoms with van der Waals surface area (Å²) in [6.45, 7) is 2.12. The first kappa shape index (κ1) is 13.3. The van der Waals surface area contributed by atoms with Crippen LogP contribution >= 0.6 is 0 Å². The van der Waals surface area contributed by atoms with E-state index in [1.807, 2.05) is 0 Å². The number of esters is 1. The number of nitrogens with zero attached hydrogens (tertiary/aromatic N) is 2. The van der Waals surface area contributed by atoms with Crippen molar-refractivity contribution >= 4 is 17.7 Å². The number of likely N-dealkylation sites (tertiary alicyclic amines) is 1. The average Bonchev–Trinajstić information content (AvgIpc) is 2.91. The Kier molecular flexibility index (Phi) is 2.35. The van der Waals surface area contributed by atoms with Crippen LogP contribution in [0.15, 0.2) is 18.0 Å². The van der Waals surface area contributed by atoms with E-state index >= 15 is 0 Å². The number of ketones is 1. The van der Waals surface area contributed by atoms with Gasteiger partial charge in [-0.15, -0.1) is 0 Å². The number of aryl methyl sites for hydroxylation is 1. The van der Waals surface area contributed by atoms with Gasteiger partial charge in [0, 0.05) is 49.5 Å². The highest BCUT2D eigenvalue weighted by Crippen LogP contribution is 2.67. The van der Waals surface area contributed by atoms with Gasteiger partial charge in [0.2, 0.25) is 11.7 Å². The zero-order valence-corrected chi connectivity index (χ0v) is 12.7. The number of aromatic nitrogens is 1. The maximum atomic E-state index is 12.5. The number of rotatable bonds is 1. The molecule has 4 rings (SSSR count). The van der Waals surface area contributed by atoms with Crippen molar-refractivity contribution in [1.82, 2.24) is 9.47 Å². The van der Waals surface area contributed by atoms with Crippen LogP contribution in [0.1, 0.15) is 39.8 Å². The monoisotopic (exact) mass is 300 g/mol. The molecule has 1 aromatic rings. The molecule has 0 radical (unpaired) electrons. The van der Waals surface area contributed by atoms with E-state index in [-0.39, 0.29) is 23.0 Å². The molecule has 1 aliphatic heterocycles. The SMILES string of the molecule is COC(=O)c1cn(C)c2c1C13CC1CN(C(C)=O)C3=CC2=O. The summed E-state index contributed by atoms with van der Waals surface area (Å²) in [7, 11) is 3.09. The summed E-state index contributed by atoms with van der Waals surface area (Å²) in [4.78, 5) is 38.1. The van der Waals surface area contributed by atoms with E-state index < -0.39 is 5.97 Å². The zero-order chi connectivity index (χ0) is 15.8. The Morgan fingerprint density at radius 3 is 2.77 bits per heavy atom. The van der Waals surface area contributed by atoms with Gasteiger partial charge >= 0.3 is 5.97 Å². The molecule has 6 nitrogen and oxygen atoms in total. The van der Waals surface area contributed by atoms with Gasteiger partial charge in [-0.3, -0.25) is 9.59 Å². The minimum Gasteiger partial charge on any atom is -0.465 e. The van der Waals surface area contributed by atoms with Gasteiger partial charge in [-0.2, -0.15) is 0 Å². The number of methoxy groups -OCH3 is 1. The van der Waals surface area contributed by atoms with E-state index in [1.54, 1.807) is 28.8 Å². The Bertz CT molecular complexity index is 788. The number of carbonyl (C=O) groups excluding carboxylic acids is 3. The van der Waals surface area contributed by atoms with Gasteiger partial charge in [-0.1, -0.05) is 0 Å². The molecular formula is C16H16N2O4. The summed E-state index contributed by atoms with van der Waals surface area (Å²) in [5.74, 6) is -0.385. The van der Waals surface area contributed by atoms with Crippen molar-refractivity contribution in [3.63, 3.8) is 0 Å². The van der Waals surface area contributed by atoms with Crippen LogP contribution in [0.2, 0.25) is 0 Å². The third-order valence-corrected chi connectivity index (χ3v) is 5.17. The molecule has 1 amide bonds. The molecule has 2 heterocycles. The van der Waals surface area contributed by atoms with Crippen LogP contribution in [-0.4, -0.2) is 40.8 Å². The molecule has 1 aromatic heterocycles. The highest BCUT2D eigenvalue weighted by Gasteiger charge is 2.68. The Morgan fingerprint density at radius 1 is 1.41 bits per heavy atom. The summed E-state index contributed by atoms with van der Waals surface area (Å²) >= 11 is 0. The predicted molar refractivity (Wildman–Crippen MR) is 76.3 cm³/mol. The first-order chi connectivity index (χ1) is 10.4. The Hall–Kier alpha value is -2.37. The number of carbonyl (C=O) groups is 3. The highest BCUT2D eigenvalue weighted by atomic mass is 16.5. The number of amides is 1. The molecule has 0 N–H and O–H groups in total. The molecule has 1 spiro atoms. The van der Waals surface area contributed by atoms with Gasteiger partial charge in [-0.25, -0.2) is 4.79 Å². The van der Waals surface area contributed by atoms with Crippen LogP contribution < -0.4 is 0 Å². The number of allylic oxidation sites excluding steroid dienone is 2. The average molecular weight is 300 g/mol. The lowest BCUT2D eigenvalue weighted by Crippen LogP contribution is -2.33. The predicted octanol–water partition coefficient (Wildman–Crippen LogP) is 1.01. The van der Waals surface area contributed by atoms with E-state index in [4.69, 9.17) is 4.74 Å². The van der Waals surface area contributed by atoms with E-state index in [9.17, 15) is 14.4 Å². The molecule has 2 unspecified atom stereocenters. The lowest BCUT2D eigenvalue weighted by atomic mass is 9.83. The van der Waals surface area contributed by atoms with E-state index in [0.29, 0.717) is 17.8 Å². The third-order valence-electron chi connectivity index (χ3n) is 5.17. The molecule has 0 bridgehead atoms.